The number of aryl methyl sites for hydroxylation is 1. The standard InChI is InChI=1S/C17H13Cl2NO2/c1-10-3-2-4-12(7-10)17-13(9-21)16(20-22-17)11-5-6-14(18)15(19)8-11/h2-8,21H,9H2,1H3. The molecule has 0 radical (unpaired) electrons. The lowest BCUT2D eigenvalue weighted by Gasteiger charge is -2.03. The summed E-state index contributed by atoms with van der Waals surface area (Å²) >= 11 is 12.0. The SMILES string of the molecule is Cc1cccc(-c2onc(-c3ccc(Cl)c(Cl)c3)c2CO)c1. The first-order valence-electron chi connectivity index (χ1n) is 6.72. The summed E-state index contributed by atoms with van der Waals surface area (Å²) in [5.74, 6) is 0.562. The maximum absolute atomic E-state index is 9.74. The Morgan fingerprint density at radius 3 is 2.55 bits per heavy atom. The first-order valence-corrected chi connectivity index (χ1v) is 7.47. The van der Waals surface area contributed by atoms with Gasteiger partial charge in [-0.2, -0.15) is 0 Å². The smallest absolute Gasteiger partial charge is 0.173 e. The number of hydrogen-bond donors (Lipinski definition) is 1. The number of aliphatic hydroxyl groups is 1. The van der Waals surface area contributed by atoms with E-state index in [9.17, 15) is 5.11 Å². The fraction of sp³-hybridized carbons (Fsp3) is 0.118. The third-order valence-corrected chi connectivity index (χ3v) is 4.16. The van der Waals surface area contributed by atoms with Crippen LogP contribution in [0.4, 0.5) is 0 Å². The number of nitrogens with zero attached hydrogens (tertiary/aromatic N) is 1. The second kappa shape index (κ2) is 6.13. The van der Waals surface area contributed by atoms with E-state index in [4.69, 9.17) is 27.7 Å². The molecule has 2 aromatic carbocycles. The van der Waals surface area contributed by atoms with Crippen molar-refractivity contribution in [1.82, 2.24) is 5.16 Å². The molecule has 3 aromatic rings. The predicted octanol–water partition coefficient (Wildman–Crippen LogP) is 5.12. The molecule has 0 saturated heterocycles. The first-order chi connectivity index (χ1) is 10.6. The maximum atomic E-state index is 9.74. The van der Waals surface area contributed by atoms with Gasteiger partial charge in [-0.15, -0.1) is 0 Å². The highest BCUT2D eigenvalue weighted by Gasteiger charge is 2.19. The lowest BCUT2D eigenvalue weighted by molar-refractivity contribution is 0.281. The summed E-state index contributed by atoms with van der Waals surface area (Å²) in [7, 11) is 0. The van der Waals surface area contributed by atoms with Gasteiger partial charge in [-0.05, 0) is 25.1 Å². The van der Waals surface area contributed by atoms with Crippen molar-refractivity contribution in [2.24, 2.45) is 0 Å². The van der Waals surface area contributed by atoms with Gasteiger partial charge >= 0.3 is 0 Å². The molecule has 1 aromatic heterocycles. The molecular weight excluding hydrogens is 321 g/mol. The van der Waals surface area contributed by atoms with Gasteiger partial charge < -0.3 is 9.63 Å². The summed E-state index contributed by atoms with van der Waals surface area (Å²) in [6, 6.07) is 13.0. The van der Waals surface area contributed by atoms with Gasteiger partial charge in [0.1, 0.15) is 5.69 Å². The molecule has 3 rings (SSSR count). The quantitative estimate of drug-likeness (QED) is 0.723. The Labute approximate surface area is 138 Å². The lowest BCUT2D eigenvalue weighted by atomic mass is 10.0. The van der Waals surface area contributed by atoms with Crippen molar-refractivity contribution in [3.05, 3.63) is 63.6 Å². The van der Waals surface area contributed by atoms with Crippen LogP contribution in [0.5, 0.6) is 0 Å². The van der Waals surface area contributed by atoms with Crippen LogP contribution in [0.2, 0.25) is 10.0 Å². The van der Waals surface area contributed by atoms with Crippen molar-refractivity contribution in [2.45, 2.75) is 13.5 Å². The Balaban J connectivity index is 2.13. The zero-order chi connectivity index (χ0) is 15.7. The molecule has 0 atom stereocenters. The molecule has 1 heterocycles. The van der Waals surface area contributed by atoms with Crippen molar-refractivity contribution in [2.75, 3.05) is 0 Å². The van der Waals surface area contributed by atoms with Gasteiger partial charge in [0.2, 0.25) is 0 Å². The molecule has 112 valence electrons. The Morgan fingerprint density at radius 1 is 1.05 bits per heavy atom. The third-order valence-electron chi connectivity index (χ3n) is 3.42. The zero-order valence-electron chi connectivity index (χ0n) is 11.8. The van der Waals surface area contributed by atoms with Crippen LogP contribution >= 0.6 is 23.2 Å². The molecule has 5 heteroatoms. The topological polar surface area (TPSA) is 46.3 Å². The van der Waals surface area contributed by atoms with Crippen LogP contribution in [-0.4, -0.2) is 10.3 Å². The number of benzene rings is 2. The van der Waals surface area contributed by atoms with Gasteiger partial charge in [-0.1, -0.05) is 58.2 Å². The summed E-state index contributed by atoms with van der Waals surface area (Å²) in [4.78, 5) is 0. The maximum Gasteiger partial charge on any atom is 0.173 e. The second-order valence-corrected chi connectivity index (χ2v) is 5.81. The summed E-state index contributed by atoms with van der Waals surface area (Å²) in [6.45, 7) is 1.82. The predicted molar refractivity (Wildman–Crippen MR) is 88.1 cm³/mol. The van der Waals surface area contributed by atoms with Crippen molar-refractivity contribution in [1.29, 1.82) is 0 Å². The monoisotopic (exact) mass is 333 g/mol. The molecule has 0 aliphatic heterocycles. The third kappa shape index (κ3) is 2.75. The molecule has 0 unspecified atom stereocenters. The fourth-order valence-corrected chi connectivity index (χ4v) is 2.64. The van der Waals surface area contributed by atoms with E-state index >= 15 is 0 Å². The van der Waals surface area contributed by atoms with Crippen LogP contribution in [0.25, 0.3) is 22.6 Å². The first kappa shape index (κ1) is 15.1. The van der Waals surface area contributed by atoms with E-state index in [1.165, 1.54) is 0 Å². The molecule has 0 aliphatic carbocycles. The van der Waals surface area contributed by atoms with Gasteiger partial charge in [-0.3, -0.25) is 0 Å². The minimum absolute atomic E-state index is 0.178. The Kier molecular flexibility index (Phi) is 4.21. The molecule has 0 spiro atoms. The van der Waals surface area contributed by atoms with Gasteiger partial charge in [0.25, 0.3) is 0 Å². The van der Waals surface area contributed by atoms with Crippen LogP contribution in [0.15, 0.2) is 47.0 Å². The van der Waals surface area contributed by atoms with Crippen LogP contribution in [-0.2, 0) is 6.61 Å². The number of aromatic nitrogens is 1. The van der Waals surface area contributed by atoms with E-state index in [1.54, 1.807) is 18.2 Å². The molecular formula is C17H13Cl2NO2. The minimum Gasteiger partial charge on any atom is -0.391 e. The largest absolute Gasteiger partial charge is 0.391 e. The molecule has 0 fully saturated rings. The van der Waals surface area contributed by atoms with Crippen molar-refractivity contribution >= 4 is 23.2 Å². The Hall–Kier alpha value is -1.81. The second-order valence-electron chi connectivity index (χ2n) is 5.00. The molecule has 3 nitrogen and oxygen atoms in total. The van der Waals surface area contributed by atoms with E-state index in [0.717, 1.165) is 16.7 Å². The summed E-state index contributed by atoms with van der Waals surface area (Å²) < 4.78 is 5.47. The molecule has 0 saturated carbocycles. The van der Waals surface area contributed by atoms with E-state index in [-0.39, 0.29) is 6.61 Å². The highest BCUT2D eigenvalue weighted by molar-refractivity contribution is 6.42. The van der Waals surface area contributed by atoms with Crippen LogP contribution in [0.3, 0.4) is 0 Å². The van der Waals surface area contributed by atoms with E-state index < -0.39 is 0 Å². The summed E-state index contributed by atoms with van der Waals surface area (Å²) in [5, 5.41) is 14.7. The average molecular weight is 334 g/mol. The minimum atomic E-state index is -0.178. The van der Waals surface area contributed by atoms with Gasteiger partial charge in [-0.25, -0.2) is 0 Å². The number of aliphatic hydroxyl groups excluding tert-OH is 1. The van der Waals surface area contributed by atoms with Gasteiger partial charge in [0.15, 0.2) is 5.76 Å². The highest BCUT2D eigenvalue weighted by atomic mass is 35.5. The fourth-order valence-electron chi connectivity index (χ4n) is 2.34. The average Bonchev–Trinajstić information content (AvgIpc) is 2.94. The zero-order valence-corrected chi connectivity index (χ0v) is 13.3. The number of hydrogen-bond acceptors (Lipinski definition) is 3. The number of halogens is 2. The van der Waals surface area contributed by atoms with E-state index in [2.05, 4.69) is 5.16 Å². The normalized spacial score (nSPS) is 10.9. The lowest BCUT2D eigenvalue weighted by Crippen LogP contribution is -1.89. The van der Waals surface area contributed by atoms with E-state index in [1.807, 2.05) is 31.2 Å². The van der Waals surface area contributed by atoms with Gasteiger partial charge in [0, 0.05) is 11.1 Å². The van der Waals surface area contributed by atoms with Crippen molar-refractivity contribution < 1.29 is 9.63 Å². The van der Waals surface area contributed by atoms with Crippen LogP contribution < -0.4 is 0 Å². The van der Waals surface area contributed by atoms with Crippen molar-refractivity contribution in [3.63, 3.8) is 0 Å². The van der Waals surface area contributed by atoms with Gasteiger partial charge in [0.05, 0.1) is 22.2 Å². The molecule has 0 aliphatic rings. The summed E-state index contributed by atoms with van der Waals surface area (Å²) in [6.07, 6.45) is 0. The molecule has 22 heavy (non-hydrogen) atoms. The van der Waals surface area contributed by atoms with Crippen LogP contribution in [0, 0.1) is 6.92 Å². The Morgan fingerprint density at radius 2 is 1.86 bits per heavy atom. The van der Waals surface area contributed by atoms with Crippen molar-refractivity contribution in [3.8, 4) is 22.6 Å². The number of rotatable bonds is 3. The Bertz CT molecular complexity index is 827. The summed E-state index contributed by atoms with van der Waals surface area (Å²) in [5.41, 5.74) is 3.93. The highest BCUT2D eigenvalue weighted by Crippen LogP contribution is 2.35. The van der Waals surface area contributed by atoms with E-state index in [0.29, 0.717) is 27.1 Å². The molecule has 0 bridgehead atoms. The van der Waals surface area contributed by atoms with Crippen LogP contribution in [0.1, 0.15) is 11.1 Å². The molecule has 1 N–H and O–H groups in total. The molecule has 0 amide bonds.